The highest BCUT2D eigenvalue weighted by atomic mass is 16.3. The lowest BCUT2D eigenvalue weighted by molar-refractivity contribution is -0.122. The summed E-state index contributed by atoms with van der Waals surface area (Å²) in [5, 5.41) is 15.7. The van der Waals surface area contributed by atoms with Crippen molar-refractivity contribution < 1.29 is 9.90 Å². The maximum absolute atomic E-state index is 11.5. The second kappa shape index (κ2) is 9.19. The van der Waals surface area contributed by atoms with Crippen LogP contribution in [0.3, 0.4) is 0 Å². The monoisotopic (exact) mass is 242 g/mol. The summed E-state index contributed by atoms with van der Waals surface area (Å²) in [6.45, 7) is 10.4. The summed E-state index contributed by atoms with van der Waals surface area (Å²) in [4.78, 5) is 11.5. The molecule has 2 unspecified atom stereocenters. The second-order valence-electron chi connectivity index (χ2n) is 4.31. The van der Waals surface area contributed by atoms with Gasteiger partial charge in [-0.05, 0) is 12.8 Å². The Morgan fingerprint density at radius 1 is 1.41 bits per heavy atom. The molecule has 0 heterocycles. The van der Waals surface area contributed by atoms with Gasteiger partial charge in [-0.2, -0.15) is 0 Å². The Hall–Kier alpha value is -0.870. The van der Waals surface area contributed by atoms with Gasteiger partial charge in [0.25, 0.3) is 0 Å². The van der Waals surface area contributed by atoms with Crippen molar-refractivity contribution in [2.24, 2.45) is 5.92 Å². The maximum atomic E-state index is 11.5. The minimum absolute atomic E-state index is 0.0679. The van der Waals surface area contributed by atoms with Crippen molar-refractivity contribution in [3.63, 3.8) is 0 Å². The predicted molar refractivity (Wildman–Crippen MR) is 70.8 cm³/mol. The lowest BCUT2D eigenvalue weighted by atomic mass is 9.96. The second-order valence-corrected chi connectivity index (χ2v) is 4.31. The quantitative estimate of drug-likeness (QED) is 0.530. The molecule has 2 atom stereocenters. The first-order valence-electron chi connectivity index (χ1n) is 6.36. The molecule has 0 aromatic rings. The molecule has 0 radical (unpaired) electrons. The Bertz CT molecular complexity index is 227. The lowest BCUT2D eigenvalue weighted by Crippen LogP contribution is -2.45. The normalized spacial score (nSPS) is 14.4. The molecule has 0 spiro atoms. The van der Waals surface area contributed by atoms with E-state index in [0.29, 0.717) is 19.0 Å². The molecular formula is C13H26N2O2. The highest BCUT2D eigenvalue weighted by Gasteiger charge is 2.18. The zero-order chi connectivity index (χ0) is 13.3. The van der Waals surface area contributed by atoms with Crippen LogP contribution in [-0.2, 0) is 4.79 Å². The highest BCUT2D eigenvalue weighted by Crippen LogP contribution is 2.12. The Labute approximate surface area is 104 Å². The van der Waals surface area contributed by atoms with Gasteiger partial charge in [-0.25, -0.2) is 0 Å². The van der Waals surface area contributed by atoms with Crippen LogP contribution < -0.4 is 10.6 Å². The maximum Gasteiger partial charge on any atom is 0.237 e. The third kappa shape index (κ3) is 6.44. The third-order valence-electron chi connectivity index (χ3n) is 3.04. The number of aliphatic hydroxyl groups excluding tert-OH is 1. The van der Waals surface area contributed by atoms with Crippen molar-refractivity contribution in [1.82, 2.24) is 10.6 Å². The molecule has 0 saturated heterocycles. The van der Waals surface area contributed by atoms with Gasteiger partial charge in [0.2, 0.25) is 5.91 Å². The largest absolute Gasteiger partial charge is 0.392 e. The van der Waals surface area contributed by atoms with Crippen LogP contribution in [0.2, 0.25) is 0 Å². The number of hydrogen-bond donors (Lipinski definition) is 3. The van der Waals surface area contributed by atoms with Crippen molar-refractivity contribution in [3.8, 4) is 0 Å². The van der Waals surface area contributed by atoms with Crippen LogP contribution in [0.1, 0.15) is 33.6 Å². The van der Waals surface area contributed by atoms with Crippen LogP contribution in [0.15, 0.2) is 12.7 Å². The van der Waals surface area contributed by atoms with E-state index in [-0.39, 0.29) is 18.1 Å². The Kier molecular flexibility index (Phi) is 8.72. The molecule has 4 heteroatoms. The van der Waals surface area contributed by atoms with Crippen LogP contribution >= 0.6 is 0 Å². The molecule has 100 valence electrons. The number of hydrogen-bond acceptors (Lipinski definition) is 3. The summed E-state index contributed by atoms with van der Waals surface area (Å²) < 4.78 is 0. The smallest absolute Gasteiger partial charge is 0.237 e. The van der Waals surface area contributed by atoms with Gasteiger partial charge in [-0.1, -0.05) is 32.8 Å². The van der Waals surface area contributed by atoms with Crippen LogP contribution in [-0.4, -0.2) is 36.2 Å². The van der Waals surface area contributed by atoms with Crippen LogP contribution in [0.25, 0.3) is 0 Å². The van der Waals surface area contributed by atoms with E-state index in [9.17, 15) is 9.90 Å². The molecule has 4 nitrogen and oxygen atoms in total. The molecule has 0 fully saturated rings. The van der Waals surface area contributed by atoms with Gasteiger partial charge in [0.05, 0.1) is 12.1 Å². The molecule has 0 aliphatic carbocycles. The summed E-state index contributed by atoms with van der Waals surface area (Å²) in [7, 11) is 0. The number of rotatable bonds is 9. The zero-order valence-electron chi connectivity index (χ0n) is 11.2. The van der Waals surface area contributed by atoms with E-state index in [4.69, 9.17) is 0 Å². The number of amides is 1. The Balaban J connectivity index is 3.93. The van der Waals surface area contributed by atoms with Crippen molar-refractivity contribution in [2.45, 2.75) is 45.8 Å². The molecule has 0 aliphatic rings. The van der Waals surface area contributed by atoms with E-state index in [1.54, 1.807) is 13.0 Å². The number of nitrogens with one attached hydrogen (secondary N) is 2. The number of carbonyl (C=O) groups excluding carboxylic acids is 1. The Morgan fingerprint density at radius 2 is 2.00 bits per heavy atom. The van der Waals surface area contributed by atoms with E-state index in [2.05, 4.69) is 31.1 Å². The first-order valence-corrected chi connectivity index (χ1v) is 6.36. The number of aliphatic hydroxyl groups is 1. The zero-order valence-corrected chi connectivity index (χ0v) is 11.2. The summed E-state index contributed by atoms with van der Waals surface area (Å²) in [6.07, 6.45) is 3.16. The van der Waals surface area contributed by atoms with Crippen molar-refractivity contribution in [2.75, 3.05) is 13.1 Å². The average molecular weight is 242 g/mol. The van der Waals surface area contributed by atoms with Gasteiger partial charge in [0, 0.05) is 13.1 Å². The highest BCUT2D eigenvalue weighted by molar-refractivity contribution is 5.81. The minimum Gasteiger partial charge on any atom is -0.392 e. The van der Waals surface area contributed by atoms with Crippen LogP contribution in [0.5, 0.6) is 0 Å². The molecule has 0 aromatic heterocycles. The molecule has 1 amide bonds. The van der Waals surface area contributed by atoms with Gasteiger partial charge < -0.3 is 15.7 Å². The van der Waals surface area contributed by atoms with E-state index in [1.165, 1.54) is 0 Å². The topological polar surface area (TPSA) is 61.4 Å². The summed E-state index contributed by atoms with van der Waals surface area (Å²) in [5.41, 5.74) is 0. The molecular weight excluding hydrogens is 216 g/mol. The fraction of sp³-hybridized carbons (Fsp3) is 0.769. The third-order valence-corrected chi connectivity index (χ3v) is 3.04. The van der Waals surface area contributed by atoms with Crippen molar-refractivity contribution in [3.05, 3.63) is 12.7 Å². The van der Waals surface area contributed by atoms with Gasteiger partial charge in [0.1, 0.15) is 0 Å². The molecule has 0 bridgehead atoms. The van der Waals surface area contributed by atoms with Crippen LogP contribution in [0, 0.1) is 5.92 Å². The summed E-state index contributed by atoms with van der Waals surface area (Å²) >= 11 is 0. The van der Waals surface area contributed by atoms with Crippen molar-refractivity contribution in [1.29, 1.82) is 0 Å². The lowest BCUT2D eigenvalue weighted by Gasteiger charge is -2.22. The van der Waals surface area contributed by atoms with Gasteiger partial charge in [-0.3, -0.25) is 4.79 Å². The van der Waals surface area contributed by atoms with E-state index < -0.39 is 0 Å². The SMILES string of the molecule is C=CCNC(=O)C(C)NCC(O)C(CC)CC. The molecule has 17 heavy (non-hydrogen) atoms. The molecule has 0 aromatic carbocycles. The van der Waals surface area contributed by atoms with Gasteiger partial charge in [0.15, 0.2) is 0 Å². The van der Waals surface area contributed by atoms with Crippen molar-refractivity contribution >= 4 is 5.91 Å². The fourth-order valence-corrected chi connectivity index (χ4v) is 1.72. The van der Waals surface area contributed by atoms with E-state index in [1.807, 2.05) is 0 Å². The first-order chi connectivity index (χ1) is 8.06. The average Bonchev–Trinajstić information content (AvgIpc) is 2.34. The molecule has 0 saturated carbocycles. The Morgan fingerprint density at radius 3 is 2.47 bits per heavy atom. The summed E-state index contributed by atoms with van der Waals surface area (Å²) in [5.74, 6) is 0.229. The standard InChI is InChI=1S/C13H26N2O2/c1-5-8-14-13(17)10(4)15-9-12(16)11(6-2)7-3/h5,10-12,15-16H,1,6-9H2,2-4H3,(H,14,17). The predicted octanol–water partition coefficient (Wildman–Crippen LogP) is 1.06. The molecule has 0 aliphatic heterocycles. The van der Waals surface area contributed by atoms with Gasteiger partial charge >= 0.3 is 0 Å². The minimum atomic E-state index is -0.389. The summed E-state index contributed by atoms with van der Waals surface area (Å²) in [6, 6.07) is -0.293. The molecule has 3 N–H and O–H groups in total. The molecule has 0 rings (SSSR count). The van der Waals surface area contributed by atoms with E-state index >= 15 is 0 Å². The number of carbonyl (C=O) groups is 1. The van der Waals surface area contributed by atoms with Gasteiger partial charge in [-0.15, -0.1) is 6.58 Å². The van der Waals surface area contributed by atoms with Crippen LogP contribution in [0.4, 0.5) is 0 Å². The first kappa shape index (κ1) is 16.1. The van der Waals surface area contributed by atoms with E-state index in [0.717, 1.165) is 12.8 Å². The fourth-order valence-electron chi connectivity index (χ4n) is 1.72.